The molecule has 6 nitrogen and oxygen atoms in total. The number of nitrogens with one attached hydrogen (secondary N) is 2. The zero-order valence-electron chi connectivity index (χ0n) is 16.1. The molecule has 2 N–H and O–H groups in total. The SMILES string of the molecule is CC(C)c1ccc(NC(=O)c2cn(C3CCNCC3)nn2)c(C(C)C)c1. The van der Waals surface area contributed by atoms with Crippen LogP contribution in [0.1, 0.15) is 80.0 Å². The number of carbonyl (C=O) groups is 1. The molecule has 1 aliphatic rings. The minimum Gasteiger partial charge on any atom is -0.320 e. The molecule has 1 fully saturated rings. The summed E-state index contributed by atoms with van der Waals surface area (Å²) in [5.41, 5.74) is 3.65. The number of rotatable bonds is 5. The van der Waals surface area contributed by atoms with Crippen molar-refractivity contribution in [1.82, 2.24) is 20.3 Å². The number of piperidine rings is 1. The van der Waals surface area contributed by atoms with Crippen LogP contribution in [-0.2, 0) is 0 Å². The summed E-state index contributed by atoms with van der Waals surface area (Å²) >= 11 is 0. The van der Waals surface area contributed by atoms with Crippen LogP contribution in [0.4, 0.5) is 5.69 Å². The van der Waals surface area contributed by atoms with E-state index in [1.165, 1.54) is 5.56 Å². The molecule has 1 saturated heterocycles. The van der Waals surface area contributed by atoms with Gasteiger partial charge in [0.2, 0.25) is 0 Å². The highest BCUT2D eigenvalue weighted by Gasteiger charge is 2.20. The molecule has 0 radical (unpaired) electrons. The highest BCUT2D eigenvalue weighted by molar-refractivity contribution is 6.03. The predicted molar refractivity (Wildman–Crippen MR) is 104 cm³/mol. The summed E-state index contributed by atoms with van der Waals surface area (Å²) in [4.78, 5) is 12.7. The lowest BCUT2D eigenvalue weighted by Crippen LogP contribution is -2.29. The van der Waals surface area contributed by atoms with Crippen molar-refractivity contribution in [3.05, 3.63) is 41.2 Å². The molecule has 1 aliphatic heterocycles. The summed E-state index contributed by atoms with van der Waals surface area (Å²) in [6.45, 7) is 10.6. The summed E-state index contributed by atoms with van der Waals surface area (Å²) in [6.07, 6.45) is 3.79. The number of amides is 1. The molecule has 0 spiro atoms. The minimum absolute atomic E-state index is 0.204. The number of nitrogens with zero attached hydrogens (tertiary/aromatic N) is 3. The van der Waals surface area contributed by atoms with Gasteiger partial charge in [-0.15, -0.1) is 5.10 Å². The van der Waals surface area contributed by atoms with E-state index in [9.17, 15) is 4.79 Å². The molecule has 1 aromatic carbocycles. The highest BCUT2D eigenvalue weighted by atomic mass is 16.2. The van der Waals surface area contributed by atoms with E-state index in [-0.39, 0.29) is 5.91 Å². The lowest BCUT2D eigenvalue weighted by Gasteiger charge is -2.22. The Balaban J connectivity index is 1.76. The van der Waals surface area contributed by atoms with Gasteiger partial charge in [-0.1, -0.05) is 45.0 Å². The van der Waals surface area contributed by atoms with Crippen LogP contribution in [0.25, 0.3) is 0 Å². The number of aromatic nitrogens is 3. The molecule has 1 aromatic heterocycles. The first-order valence-corrected chi connectivity index (χ1v) is 9.53. The molecule has 26 heavy (non-hydrogen) atoms. The molecular formula is C20H29N5O. The van der Waals surface area contributed by atoms with Crippen molar-refractivity contribution in [2.45, 2.75) is 58.4 Å². The smallest absolute Gasteiger partial charge is 0.277 e. The summed E-state index contributed by atoms with van der Waals surface area (Å²) in [7, 11) is 0. The lowest BCUT2D eigenvalue weighted by atomic mass is 9.94. The Bertz CT molecular complexity index is 759. The Kier molecular flexibility index (Phi) is 5.71. The van der Waals surface area contributed by atoms with E-state index in [0.717, 1.165) is 37.2 Å². The second kappa shape index (κ2) is 7.99. The van der Waals surface area contributed by atoms with E-state index in [1.807, 2.05) is 10.7 Å². The number of carbonyl (C=O) groups excluding carboxylic acids is 1. The van der Waals surface area contributed by atoms with Crippen LogP contribution >= 0.6 is 0 Å². The molecule has 2 heterocycles. The topological polar surface area (TPSA) is 71.8 Å². The fourth-order valence-electron chi connectivity index (χ4n) is 3.35. The van der Waals surface area contributed by atoms with Crippen molar-refractivity contribution in [3.8, 4) is 0 Å². The monoisotopic (exact) mass is 355 g/mol. The molecule has 1 amide bonds. The first kappa shape index (κ1) is 18.6. The standard InChI is InChI=1S/C20H29N5O/c1-13(2)15-5-6-18(17(11-15)14(3)4)22-20(26)19-12-25(24-23-19)16-7-9-21-10-8-16/h5-6,11-14,16,21H,7-10H2,1-4H3,(H,22,26). The fraction of sp³-hybridized carbons (Fsp3) is 0.550. The molecule has 0 aliphatic carbocycles. The maximum atomic E-state index is 12.7. The quantitative estimate of drug-likeness (QED) is 0.858. The maximum absolute atomic E-state index is 12.7. The van der Waals surface area contributed by atoms with Crippen LogP contribution in [0.2, 0.25) is 0 Å². The van der Waals surface area contributed by atoms with Gasteiger partial charge in [-0.2, -0.15) is 0 Å². The van der Waals surface area contributed by atoms with Crippen LogP contribution in [0, 0.1) is 0 Å². The molecular weight excluding hydrogens is 326 g/mol. The molecule has 6 heteroatoms. The third kappa shape index (κ3) is 4.12. The number of hydrogen-bond acceptors (Lipinski definition) is 4. The average Bonchev–Trinajstić information content (AvgIpc) is 3.12. The van der Waals surface area contributed by atoms with Gasteiger partial charge in [-0.3, -0.25) is 4.79 Å². The van der Waals surface area contributed by atoms with E-state index in [0.29, 0.717) is 23.6 Å². The van der Waals surface area contributed by atoms with E-state index in [1.54, 1.807) is 6.20 Å². The largest absolute Gasteiger partial charge is 0.320 e. The van der Waals surface area contributed by atoms with Crippen molar-refractivity contribution >= 4 is 11.6 Å². The van der Waals surface area contributed by atoms with Gasteiger partial charge in [0, 0.05) is 5.69 Å². The molecule has 3 rings (SSSR count). The number of benzene rings is 1. The maximum Gasteiger partial charge on any atom is 0.277 e. The highest BCUT2D eigenvalue weighted by Crippen LogP contribution is 2.28. The van der Waals surface area contributed by atoms with Crippen molar-refractivity contribution < 1.29 is 4.79 Å². The molecule has 140 valence electrons. The van der Waals surface area contributed by atoms with Crippen LogP contribution in [0.3, 0.4) is 0 Å². The Morgan fingerprint density at radius 2 is 1.92 bits per heavy atom. The van der Waals surface area contributed by atoms with Gasteiger partial charge < -0.3 is 10.6 Å². The molecule has 0 bridgehead atoms. The van der Waals surface area contributed by atoms with Gasteiger partial charge in [-0.05, 0) is 55.0 Å². The summed E-state index contributed by atoms with van der Waals surface area (Å²) < 4.78 is 1.83. The zero-order valence-corrected chi connectivity index (χ0v) is 16.1. The van der Waals surface area contributed by atoms with Gasteiger partial charge in [-0.25, -0.2) is 4.68 Å². The van der Waals surface area contributed by atoms with Crippen molar-refractivity contribution in [2.75, 3.05) is 18.4 Å². The van der Waals surface area contributed by atoms with Gasteiger partial charge in [0.25, 0.3) is 5.91 Å². The van der Waals surface area contributed by atoms with Crippen LogP contribution < -0.4 is 10.6 Å². The fourth-order valence-corrected chi connectivity index (χ4v) is 3.35. The summed E-state index contributed by atoms with van der Waals surface area (Å²) in [5, 5.41) is 14.6. The van der Waals surface area contributed by atoms with Crippen molar-refractivity contribution in [1.29, 1.82) is 0 Å². The lowest BCUT2D eigenvalue weighted by molar-refractivity contribution is 0.102. The van der Waals surface area contributed by atoms with Crippen LogP contribution in [0.15, 0.2) is 24.4 Å². The van der Waals surface area contributed by atoms with E-state index >= 15 is 0 Å². The van der Waals surface area contributed by atoms with Gasteiger partial charge in [0.05, 0.1) is 12.2 Å². The summed E-state index contributed by atoms with van der Waals surface area (Å²) in [5.74, 6) is 0.584. The minimum atomic E-state index is -0.204. The number of anilines is 1. The predicted octanol–water partition coefficient (Wildman–Crippen LogP) is 3.70. The Labute approximate surface area is 155 Å². The van der Waals surface area contributed by atoms with E-state index in [4.69, 9.17) is 0 Å². The molecule has 0 atom stereocenters. The molecule has 0 unspecified atom stereocenters. The normalized spacial score (nSPS) is 15.6. The van der Waals surface area contributed by atoms with E-state index < -0.39 is 0 Å². The van der Waals surface area contributed by atoms with Crippen LogP contribution in [-0.4, -0.2) is 34.0 Å². The number of hydrogen-bond donors (Lipinski definition) is 2. The average molecular weight is 355 g/mol. The third-order valence-electron chi connectivity index (χ3n) is 5.04. The van der Waals surface area contributed by atoms with Gasteiger partial charge in [0.15, 0.2) is 5.69 Å². The second-order valence-corrected chi connectivity index (χ2v) is 7.68. The Morgan fingerprint density at radius 3 is 2.58 bits per heavy atom. The second-order valence-electron chi connectivity index (χ2n) is 7.68. The first-order chi connectivity index (χ1) is 12.5. The van der Waals surface area contributed by atoms with Gasteiger partial charge >= 0.3 is 0 Å². The van der Waals surface area contributed by atoms with Crippen molar-refractivity contribution in [3.63, 3.8) is 0 Å². The van der Waals surface area contributed by atoms with Crippen molar-refractivity contribution in [2.24, 2.45) is 0 Å². The first-order valence-electron chi connectivity index (χ1n) is 9.53. The Hall–Kier alpha value is -2.21. The third-order valence-corrected chi connectivity index (χ3v) is 5.04. The van der Waals surface area contributed by atoms with Crippen LogP contribution in [0.5, 0.6) is 0 Å². The zero-order chi connectivity index (χ0) is 18.7. The molecule has 0 saturated carbocycles. The summed E-state index contributed by atoms with van der Waals surface area (Å²) in [6, 6.07) is 6.59. The van der Waals surface area contributed by atoms with E-state index in [2.05, 4.69) is 60.8 Å². The Morgan fingerprint density at radius 1 is 1.19 bits per heavy atom. The molecule has 2 aromatic rings. The van der Waals surface area contributed by atoms with Gasteiger partial charge in [0.1, 0.15) is 0 Å².